The second-order valence-corrected chi connectivity index (χ2v) is 8.47. The van der Waals surface area contributed by atoms with Gasteiger partial charge in [-0.15, -0.1) is 0 Å². The van der Waals surface area contributed by atoms with Crippen molar-refractivity contribution in [2.24, 2.45) is 14.1 Å². The zero-order chi connectivity index (χ0) is 27.8. The maximum absolute atomic E-state index is 14.0. The lowest BCUT2D eigenvalue weighted by atomic mass is 9.79. The van der Waals surface area contributed by atoms with Crippen LogP contribution in [-0.4, -0.2) is 35.5 Å². The molecule has 0 saturated heterocycles. The van der Waals surface area contributed by atoms with Crippen LogP contribution in [-0.2, 0) is 20.3 Å². The Labute approximate surface area is 212 Å². The van der Waals surface area contributed by atoms with Gasteiger partial charge in [-0.1, -0.05) is 30.3 Å². The molecular formula is C24H20F3N7O4. The summed E-state index contributed by atoms with van der Waals surface area (Å²) < 4.78 is 48.7. The number of benzene rings is 1. The van der Waals surface area contributed by atoms with E-state index in [9.17, 15) is 33.1 Å². The van der Waals surface area contributed by atoms with Crippen LogP contribution in [0.2, 0.25) is 0 Å². The van der Waals surface area contributed by atoms with Crippen LogP contribution in [0.15, 0.2) is 52.2 Å². The highest BCUT2D eigenvalue weighted by Gasteiger charge is 2.42. The Morgan fingerprint density at radius 1 is 1.24 bits per heavy atom. The van der Waals surface area contributed by atoms with E-state index in [0.717, 1.165) is 15.5 Å². The molecule has 3 heterocycles. The third-order valence-corrected chi connectivity index (χ3v) is 5.99. The molecule has 0 spiro atoms. The predicted molar refractivity (Wildman–Crippen MR) is 125 cm³/mol. The largest absolute Gasteiger partial charge is 0.501 e. The quantitative estimate of drug-likeness (QED) is 0.388. The van der Waals surface area contributed by atoms with Gasteiger partial charge in [0.15, 0.2) is 11.4 Å². The van der Waals surface area contributed by atoms with Crippen molar-refractivity contribution in [1.82, 2.24) is 24.5 Å². The van der Waals surface area contributed by atoms with Crippen molar-refractivity contribution < 1.29 is 27.6 Å². The van der Waals surface area contributed by atoms with Gasteiger partial charge in [-0.25, -0.2) is 4.98 Å². The lowest BCUT2D eigenvalue weighted by molar-refractivity contribution is -0.142. The highest BCUT2D eigenvalue weighted by Crippen LogP contribution is 2.44. The first-order chi connectivity index (χ1) is 17.9. The van der Waals surface area contributed by atoms with E-state index < -0.39 is 46.6 Å². The Bertz CT molecular complexity index is 1600. The van der Waals surface area contributed by atoms with Crippen molar-refractivity contribution in [3.63, 3.8) is 0 Å². The number of amides is 1. The molecule has 4 rings (SSSR count). The molecule has 0 fully saturated rings. The maximum Gasteiger partial charge on any atom is 0.435 e. The summed E-state index contributed by atoms with van der Waals surface area (Å²) in [6.07, 6.45) is -1.35. The summed E-state index contributed by atoms with van der Waals surface area (Å²) >= 11 is 0. The lowest BCUT2D eigenvalue weighted by Crippen LogP contribution is -2.30. The van der Waals surface area contributed by atoms with Crippen molar-refractivity contribution in [2.75, 3.05) is 5.32 Å². The number of nitriles is 1. The van der Waals surface area contributed by atoms with Crippen LogP contribution in [0, 0.1) is 11.3 Å². The van der Waals surface area contributed by atoms with Crippen molar-refractivity contribution >= 4 is 11.6 Å². The van der Waals surface area contributed by atoms with E-state index in [4.69, 9.17) is 0 Å². The van der Waals surface area contributed by atoms with Gasteiger partial charge in [0.25, 0.3) is 11.5 Å². The monoisotopic (exact) mass is 527 g/mol. The molecule has 0 radical (unpaired) electrons. The fourth-order valence-electron chi connectivity index (χ4n) is 4.31. The summed E-state index contributed by atoms with van der Waals surface area (Å²) in [5.41, 5.74) is -2.60. The summed E-state index contributed by atoms with van der Waals surface area (Å²) in [5.74, 6) is -4.23. The molecule has 38 heavy (non-hydrogen) atoms. The van der Waals surface area contributed by atoms with Gasteiger partial charge in [0.1, 0.15) is 17.8 Å². The molecule has 4 aromatic rings. The highest BCUT2D eigenvalue weighted by molar-refractivity contribution is 6.04. The number of aromatic hydroxyl groups is 1. The minimum Gasteiger partial charge on any atom is -0.501 e. The zero-order valence-corrected chi connectivity index (χ0v) is 20.2. The molecule has 0 bridgehead atoms. The number of carbonyl (C=O) groups excluding carboxylic acids is 1. The number of hydrogen-bond acceptors (Lipinski definition) is 8. The smallest absolute Gasteiger partial charge is 0.435 e. The van der Waals surface area contributed by atoms with E-state index in [0.29, 0.717) is 0 Å². The van der Waals surface area contributed by atoms with Crippen molar-refractivity contribution in [2.45, 2.75) is 24.9 Å². The first-order valence-electron chi connectivity index (χ1n) is 11.0. The Morgan fingerprint density at radius 3 is 2.58 bits per heavy atom. The minimum atomic E-state index is -4.83. The number of aromatic nitrogens is 5. The number of alkyl halides is 3. The van der Waals surface area contributed by atoms with Gasteiger partial charge >= 0.3 is 6.18 Å². The molecule has 2 N–H and O–H groups in total. The Balaban J connectivity index is 1.94. The van der Waals surface area contributed by atoms with Crippen LogP contribution in [0.3, 0.4) is 0 Å². The van der Waals surface area contributed by atoms with E-state index in [1.807, 2.05) is 6.07 Å². The van der Waals surface area contributed by atoms with Gasteiger partial charge in [-0.2, -0.15) is 23.5 Å². The molecule has 1 amide bonds. The number of halogens is 3. The topological polar surface area (TPSA) is 152 Å². The predicted octanol–water partition coefficient (Wildman–Crippen LogP) is 3.29. The van der Waals surface area contributed by atoms with E-state index in [-0.39, 0.29) is 28.2 Å². The first kappa shape index (κ1) is 26.1. The molecule has 14 heteroatoms. The van der Waals surface area contributed by atoms with Crippen LogP contribution >= 0.6 is 0 Å². The number of rotatable bonds is 6. The summed E-state index contributed by atoms with van der Waals surface area (Å²) in [4.78, 5) is 29.9. The fraction of sp³-hybridized carbons (Fsp3) is 0.250. The summed E-state index contributed by atoms with van der Waals surface area (Å²) in [6.45, 7) is 1.51. The maximum atomic E-state index is 14.0. The van der Waals surface area contributed by atoms with E-state index in [2.05, 4.69) is 25.1 Å². The number of hydrogen-bond donors (Lipinski definition) is 2. The molecule has 1 aromatic carbocycles. The van der Waals surface area contributed by atoms with E-state index in [1.54, 1.807) is 12.1 Å². The van der Waals surface area contributed by atoms with Gasteiger partial charge in [0.2, 0.25) is 5.75 Å². The van der Waals surface area contributed by atoms with E-state index in [1.165, 1.54) is 45.5 Å². The first-order valence-corrected chi connectivity index (χ1v) is 11.0. The highest BCUT2D eigenvalue weighted by atomic mass is 19.4. The van der Waals surface area contributed by atoms with Crippen molar-refractivity contribution in [1.29, 1.82) is 5.26 Å². The fourth-order valence-corrected chi connectivity index (χ4v) is 4.31. The van der Waals surface area contributed by atoms with Crippen LogP contribution < -0.4 is 10.9 Å². The number of carbonyl (C=O) groups is 1. The SMILES string of the molecule is C[C@@H](c1nc(C(=O)Nc2cnoc2)c(O)c(=O)n1C)[C@H](c1ccccc1C#N)c1cn(C)nc1C(F)(F)F. The third-order valence-electron chi connectivity index (χ3n) is 5.99. The Morgan fingerprint density at radius 2 is 1.95 bits per heavy atom. The molecule has 11 nitrogen and oxygen atoms in total. The van der Waals surface area contributed by atoms with Crippen molar-refractivity contribution in [3.05, 3.63) is 87.2 Å². The zero-order valence-electron chi connectivity index (χ0n) is 20.2. The summed E-state index contributed by atoms with van der Waals surface area (Å²) in [6, 6.07) is 8.09. The summed E-state index contributed by atoms with van der Waals surface area (Å²) in [7, 11) is 2.60. The standard InChI is InChI=1S/C24H20F3N7O4/c1-12(21-31-18(19(35)23(37)34(21)3)22(36)30-14-9-29-38-11-14)17(15-7-5-4-6-13(15)8-28)16-10-33(2)32-20(16)24(25,26)27/h4-7,9-12,17,35H,1-3H3,(H,30,36)/t12-,17-/m1/s1. The molecule has 0 aliphatic heterocycles. The average Bonchev–Trinajstić information content (AvgIpc) is 3.52. The van der Waals surface area contributed by atoms with Crippen LogP contribution in [0.4, 0.5) is 18.9 Å². The molecule has 0 unspecified atom stereocenters. The number of anilines is 1. The third kappa shape index (κ3) is 4.73. The van der Waals surface area contributed by atoms with Crippen LogP contribution in [0.5, 0.6) is 5.75 Å². The number of nitrogens with one attached hydrogen (secondary N) is 1. The van der Waals surface area contributed by atoms with Gasteiger partial charge in [-0.05, 0) is 11.6 Å². The lowest BCUT2D eigenvalue weighted by Gasteiger charge is -2.27. The molecule has 0 saturated carbocycles. The number of nitrogens with zero attached hydrogens (tertiary/aromatic N) is 6. The normalized spacial score (nSPS) is 13.1. The molecule has 2 atom stereocenters. The number of aryl methyl sites for hydroxylation is 1. The van der Waals surface area contributed by atoms with Crippen LogP contribution in [0.1, 0.15) is 57.5 Å². The Hall–Kier alpha value is -4.93. The van der Waals surface area contributed by atoms with Gasteiger partial charge < -0.3 is 14.9 Å². The van der Waals surface area contributed by atoms with Gasteiger partial charge in [0, 0.05) is 37.7 Å². The van der Waals surface area contributed by atoms with E-state index >= 15 is 0 Å². The molecule has 0 aliphatic carbocycles. The van der Waals surface area contributed by atoms with Crippen molar-refractivity contribution in [3.8, 4) is 11.8 Å². The van der Waals surface area contributed by atoms with Gasteiger partial charge in [-0.3, -0.25) is 18.8 Å². The summed E-state index contributed by atoms with van der Waals surface area (Å²) in [5, 5.41) is 29.5. The van der Waals surface area contributed by atoms with Crippen LogP contribution in [0.25, 0.3) is 0 Å². The minimum absolute atomic E-state index is 0.107. The second kappa shape index (κ2) is 9.85. The Kier molecular flexibility index (Phi) is 6.77. The molecule has 0 aliphatic rings. The molecule has 3 aromatic heterocycles. The average molecular weight is 527 g/mol. The molecule has 196 valence electrons. The molecular weight excluding hydrogens is 507 g/mol. The second-order valence-electron chi connectivity index (χ2n) is 8.47. The van der Waals surface area contributed by atoms with Gasteiger partial charge in [0.05, 0.1) is 17.8 Å².